The smallest absolute Gasteiger partial charge is 0.0841 e. The molecule has 1 aromatic carbocycles. The van der Waals surface area contributed by atoms with E-state index < -0.39 is 6.10 Å². The Bertz CT molecular complexity index is 465. The molecule has 84 valence electrons. The highest BCUT2D eigenvalue weighted by Gasteiger charge is 2.11. The molecule has 0 aliphatic carbocycles. The molecule has 0 aliphatic heterocycles. The molecule has 0 bridgehead atoms. The number of rotatable bonds is 3. The molecule has 1 atom stereocenters. The van der Waals surface area contributed by atoms with Gasteiger partial charge in [-0.15, -0.1) is 11.3 Å². The van der Waals surface area contributed by atoms with E-state index in [4.69, 9.17) is 0 Å². The topological polar surface area (TPSA) is 33.1 Å². The molecule has 1 heterocycles. The third-order valence-electron chi connectivity index (χ3n) is 2.66. The first-order chi connectivity index (χ1) is 7.66. The van der Waals surface area contributed by atoms with Crippen molar-refractivity contribution in [1.82, 2.24) is 4.98 Å². The van der Waals surface area contributed by atoms with E-state index in [1.54, 1.807) is 16.8 Å². The highest BCUT2D eigenvalue weighted by Crippen LogP contribution is 2.23. The van der Waals surface area contributed by atoms with Gasteiger partial charge in [0.1, 0.15) is 0 Å². The van der Waals surface area contributed by atoms with Crippen LogP contribution in [0.5, 0.6) is 0 Å². The molecule has 0 radical (unpaired) electrons. The van der Waals surface area contributed by atoms with Crippen LogP contribution in [0.25, 0.3) is 0 Å². The lowest BCUT2D eigenvalue weighted by molar-refractivity contribution is 0.178. The van der Waals surface area contributed by atoms with Crippen molar-refractivity contribution in [2.45, 2.75) is 26.4 Å². The van der Waals surface area contributed by atoms with E-state index in [1.807, 2.05) is 25.3 Å². The van der Waals surface area contributed by atoms with Crippen molar-refractivity contribution in [3.05, 3.63) is 51.5 Å². The standard InChI is InChI=1S/C13H15NOS/c1-9-3-4-12(10(2)5-9)13(15)6-11-7-14-8-16-11/h3-5,7-8,13,15H,6H2,1-2H3. The van der Waals surface area contributed by atoms with Gasteiger partial charge in [0, 0.05) is 17.5 Å². The fourth-order valence-corrected chi connectivity index (χ4v) is 2.48. The fourth-order valence-electron chi connectivity index (χ4n) is 1.84. The summed E-state index contributed by atoms with van der Waals surface area (Å²) >= 11 is 1.58. The predicted molar refractivity (Wildman–Crippen MR) is 66.7 cm³/mol. The summed E-state index contributed by atoms with van der Waals surface area (Å²) in [6, 6.07) is 6.15. The lowest BCUT2D eigenvalue weighted by Gasteiger charge is -2.13. The van der Waals surface area contributed by atoms with Gasteiger partial charge in [-0.2, -0.15) is 0 Å². The van der Waals surface area contributed by atoms with Gasteiger partial charge in [0.2, 0.25) is 0 Å². The number of aryl methyl sites for hydroxylation is 2. The van der Waals surface area contributed by atoms with E-state index in [9.17, 15) is 5.11 Å². The fraction of sp³-hybridized carbons (Fsp3) is 0.308. The minimum absolute atomic E-state index is 0.430. The number of benzene rings is 1. The van der Waals surface area contributed by atoms with Gasteiger partial charge in [0.05, 0.1) is 11.6 Å². The molecule has 3 heteroatoms. The van der Waals surface area contributed by atoms with Crippen LogP contribution in [0, 0.1) is 13.8 Å². The minimum atomic E-state index is -0.430. The molecule has 0 spiro atoms. The van der Waals surface area contributed by atoms with E-state index in [0.29, 0.717) is 6.42 Å². The molecule has 2 rings (SSSR count). The summed E-state index contributed by atoms with van der Waals surface area (Å²) in [5.74, 6) is 0. The van der Waals surface area contributed by atoms with Gasteiger partial charge in [-0.05, 0) is 25.0 Å². The van der Waals surface area contributed by atoms with Crippen LogP contribution in [0.1, 0.15) is 27.7 Å². The number of hydrogen-bond acceptors (Lipinski definition) is 3. The van der Waals surface area contributed by atoms with Crippen molar-refractivity contribution in [3.8, 4) is 0 Å². The number of aliphatic hydroxyl groups is 1. The zero-order valence-electron chi connectivity index (χ0n) is 9.47. The van der Waals surface area contributed by atoms with Crippen LogP contribution >= 0.6 is 11.3 Å². The van der Waals surface area contributed by atoms with Crippen LogP contribution in [0.4, 0.5) is 0 Å². The first-order valence-corrected chi connectivity index (χ1v) is 6.17. The Morgan fingerprint density at radius 3 is 2.81 bits per heavy atom. The summed E-state index contributed by atoms with van der Waals surface area (Å²) in [5, 5.41) is 10.1. The summed E-state index contributed by atoms with van der Waals surface area (Å²) in [4.78, 5) is 5.13. The first-order valence-electron chi connectivity index (χ1n) is 5.29. The molecule has 16 heavy (non-hydrogen) atoms. The van der Waals surface area contributed by atoms with Crippen LogP contribution in [-0.4, -0.2) is 10.1 Å². The van der Waals surface area contributed by atoms with Crippen LogP contribution in [0.2, 0.25) is 0 Å². The van der Waals surface area contributed by atoms with Crippen molar-refractivity contribution in [2.75, 3.05) is 0 Å². The second-order valence-corrected chi connectivity index (χ2v) is 5.02. The highest BCUT2D eigenvalue weighted by molar-refractivity contribution is 7.09. The lowest BCUT2D eigenvalue weighted by atomic mass is 9.99. The number of aromatic nitrogens is 1. The molecule has 2 nitrogen and oxygen atoms in total. The molecule has 0 aliphatic rings. The van der Waals surface area contributed by atoms with Gasteiger partial charge in [-0.25, -0.2) is 0 Å². The van der Waals surface area contributed by atoms with Gasteiger partial charge in [-0.1, -0.05) is 23.8 Å². The average Bonchev–Trinajstić information content (AvgIpc) is 2.70. The van der Waals surface area contributed by atoms with E-state index in [-0.39, 0.29) is 0 Å². The number of nitrogens with zero attached hydrogens (tertiary/aromatic N) is 1. The average molecular weight is 233 g/mol. The third kappa shape index (κ3) is 2.49. The van der Waals surface area contributed by atoms with Crippen LogP contribution in [0.15, 0.2) is 29.9 Å². The van der Waals surface area contributed by atoms with Gasteiger partial charge in [0.15, 0.2) is 0 Å². The summed E-state index contributed by atoms with van der Waals surface area (Å²) in [7, 11) is 0. The van der Waals surface area contributed by atoms with Gasteiger partial charge in [-0.3, -0.25) is 4.98 Å². The molecule has 0 saturated carbocycles. The molecule has 1 unspecified atom stereocenters. The van der Waals surface area contributed by atoms with E-state index in [0.717, 1.165) is 16.0 Å². The summed E-state index contributed by atoms with van der Waals surface area (Å²) in [5.41, 5.74) is 5.19. The normalized spacial score (nSPS) is 12.7. The number of thiazole rings is 1. The monoisotopic (exact) mass is 233 g/mol. The van der Waals surface area contributed by atoms with Gasteiger partial charge in [0.25, 0.3) is 0 Å². The minimum Gasteiger partial charge on any atom is -0.388 e. The van der Waals surface area contributed by atoms with Crippen LogP contribution in [-0.2, 0) is 6.42 Å². The van der Waals surface area contributed by atoms with Crippen molar-refractivity contribution in [3.63, 3.8) is 0 Å². The lowest BCUT2D eigenvalue weighted by Crippen LogP contribution is -2.03. The largest absolute Gasteiger partial charge is 0.388 e. The van der Waals surface area contributed by atoms with Gasteiger partial charge >= 0.3 is 0 Å². The van der Waals surface area contributed by atoms with Crippen LogP contribution < -0.4 is 0 Å². The molecular formula is C13H15NOS. The van der Waals surface area contributed by atoms with Crippen molar-refractivity contribution < 1.29 is 5.11 Å². The summed E-state index contributed by atoms with van der Waals surface area (Å²) in [6.07, 6.45) is 2.03. The Morgan fingerprint density at radius 2 is 2.19 bits per heavy atom. The second-order valence-electron chi connectivity index (χ2n) is 4.05. The van der Waals surface area contributed by atoms with Crippen molar-refractivity contribution >= 4 is 11.3 Å². The quantitative estimate of drug-likeness (QED) is 0.884. The maximum absolute atomic E-state index is 10.1. The van der Waals surface area contributed by atoms with Crippen molar-refractivity contribution in [1.29, 1.82) is 0 Å². The summed E-state index contributed by atoms with van der Waals surface area (Å²) in [6.45, 7) is 4.10. The molecule has 1 N–H and O–H groups in total. The summed E-state index contributed by atoms with van der Waals surface area (Å²) < 4.78 is 0. The zero-order chi connectivity index (χ0) is 11.5. The first kappa shape index (κ1) is 11.3. The Kier molecular flexibility index (Phi) is 3.36. The number of aliphatic hydroxyl groups excluding tert-OH is 1. The molecule has 0 fully saturated rings. The van der Waals surface area contributed by atoms with E-state index in [1.165, 1.54) is 5.56 Å². The molecule has 2 aromatic rings. The molecular weight excluding hydrogens is 218 g/mol. The van der Waals surface area contributed by atoms with Crippen molar-refractivity contribution in [2.24, 2.45) is 0 Å². The molecule has 0 amide bonds. The zero-order valence-corrected chi connectivity index (χ0v) is 10.3. The van der Waals surface area contributed by atoms with E-state index in [2.05, 4.69) is 18.0 Å². The van der Waals surface area contributed by atoms with E-state index >= 15 is 0 Å². The Balaban J connectivity index is 2.17. The van der Waals surface area contributed by atoms with Crippen LogP contribution in [0.3, 0.4) is 0 Å². The van der Waals surface area contributed by atoms with Gasteiger partial charge < -0.3 is 5.11 Å². The SMILES string of the molecule is Cc1ccc(C(O)Cc2cncs2)c(C)c1. The second kappa shape index (κ2) is 4.76. The molecule has 1 aromatic heterocycles. The maximum atomic E-state index is 10.1. The Morgan fingerprint density at radius 1 is 1.38 bits per heavy atom. The molecule has 0 saturated heterocycles. The predicted octanol–water partition coefficient (Wildman–Crippen LogP) is 3.04. The number of hydrogen-bond donors (Lipinski definition) is 1. The maximum Gasteiger partial charge on any atom is 0.0841 e. The Labute approximate surface area is 99.6 Å². The third-order valence-corrected chi connectivity index (χ3v) is 3.46. The highest BCUT2D eigenvalue weighted by atomic mass is 32.1. The Hall–Kier alpha value is -1.19.